The summed E-state index contributed by atoms with van der Waals surface area (Å²) < 4.78 is 3.73. The number of nitrogens with zero attached hydrogens (tertiary/aromatic N) is 4. The predicted octanol–water partition coefficient (Wildman–Crippen LogP) is 2.35. The van der Waals surface area contributed by atoms with E-state index in [9.17, 15) is 4.79 Å². The summed E-state index contributed by atoms with van der Waals surface area (Å²) in [5.74, 6) is -0.0842. The number of imidazole rings is 1. The molecule has 0 bridgehead atoms. The molecule has 3 heterocycles. The second kappa shape index (κ2) is 5.09. The fourth-order valence-electron chi connectivity index (χ4n) is 1.92. The SMILES string of the molecule is CC(C)n1cc(NC(=O)Cc2cn3ccsc3n2)cn1. The molecule has 1 N–H and O–H groups in total. The van der Waals surface area contributed by atoms with Crippen LogP contribution in [0.25, 0.3) is 4.96 Å². The van der Waals surface area contributed by atoms with Crippen LogP contribution in [0.3, 0.4) is 0 Å². The van der Waals surface area contributed by atoms with Gasteiger partial charge in [-0.05, 0) is 13.8 Å². The highest BCUT2D eigenvalue weighted by Gasteiger charge is 2.10. The minimum Gasteiger partial charge on any atom is -0.323 e. The third kappa shape index (κ3) is 2.57. The summed E-state index contributed by atoms with van der Waals surface area (Å²) >= 11 is 1.55. The van der Waals surface area contributed by atoms with Gasteiger partial charge in [-0.2, -0.15) is 5.10 Å². The largest absolute Gasteiger partial charge is 0.323 e. The van der Waals surface area contributed by atoms with E-state index in [1.165, 1.54) is 0 Å². The summed E-state index contributed by atoms with van der Waals surface area (Å²) in [7, 11) is 0. The van der Waals surface area contributed by atoms with Crippen LogP contribution in [0, 0.1) is 0 Å². The van der Waals surface area contributed by atoms with Crippen molar-refractivity contribution in [3.05, 3.63) is 35.9 Å². The van der Waals surface area contributed by atoms with Crippen molar-refractivity contribution < 1.29 is 4.79 Å². The van der Waals surface area contributed by atoms with Crippen molar-refractivity contribution in [2.75, 3.05) is 5.32 Å². The van der Waals surface area contributed by atoms with E-state index in [1.807, 2.05) is 46.9 Å². The Balaban J connectivity index is 1.65. The third-order valence-corrected chi connectivity index (χ3v) is 3.67. The molecule has 3 rings (SSSR count). The fourth-order valence-corrected chi connectivity index (χ4v) is 2.63. The van der Waals surface area contributed by atoms with Gasteiger partial charge in [-0.25, -0.2) is 4.98 Å². The molecule has 20 heavy (non-hydrogen) atoms. The number of hydrogen-bond donors (Lipinski definition) is 1. The van der Waals surface area contributed by atoms with Crippen LogP contribution < -0.4 is 5.32 Å². The van der Waals surface area contributed by atoms with Crippen LogP contribution in [0.5, 0.6) is 0 Å². The van der Waals surface area contributed by atoms with E-state index in [1.54, 1.807) is 17.5 Å². The first kappa shape index (κ1) is 12.9. The fraction of sp³-hybridized carbons (Fsp3) is 0.308. The number of hydrogen-bond acceptors (Lipinski definition) is 4. The molecule has 0 radical (unpaired) electrons. The zero-order valence-corrected chi connectivity index (χ0v) is 12.1. The summed E-state index contributed by atoms with van der Waals surface area (Å²) in [5, 5.41) is 8.99. The van der Waals surface area contributed by atoms with Crippen LogP contribution in [0.1, 0.15) is 25.6 Å². The molecule has 0 aliphatic heterocycles. The number of aromatic nitrogens is 4. The molecule has 3 aromatic heterocycles. The first-order valence-corrected chi connectivity index (χ1v) is 7.25. The molecule has 7 heteroatoms. The Labute approximate surface area is 120 Å². The lowest BCUT2D eigenvalue weighted by Gasteiger charge is -2.03. The molecule has 1 amide bonds. The van der Waals surface area contributed by atoms with E-state index in [-0.39, 0.29) is 18.4 Å². The standard InChI is InChI=1S/C13H15N5OS/c1-9(2)18-8-11(6-14-18)15-12(19)5-10-7-17-3-4-20-13(17)16-10/h3-4,6-9H,5H2,1-2H3,(H,15,19). The van der Waals surface area contributed by atoms with E-state index in [0.717, 1.165) is 10.7 Å². The maximum Gasteiger partial charge on any atom is 0.230 e. The minimum absolute atomic E-state index is 0.0842. The number of carbonyl (C=O) groups excluding carboxylic acids is 1. The molecule has 0 aliphatic rings. The van der Waals surface area contributed by atoms with E-state index in [0.29, 0.717) is 5.69 Å². The summed E-state index contributed by atoms with van der Waals surface area (Å²) in [6.07, 6.45) is 7.56. The topological polar surface area (TPSA) is 64.2 Å². The molecule has 0 saturated carbocycles. The van der Waals surface area contributed by atoms with Crippen LogP contribution >= 0.6 is 11.3 Å². The number of nitrogens with one attached hydrogen (secondary N) is 1. The predicted molar refractivity (Wildman–Crippen MR) is 78.0 cm³/mol. The van der Waals surface area contributed by atoms with Gasteiger partial charge in [0.15, 0.2) is 4.96 Å². The molecular formula is C13H15N5OS. The van der Waals surface area contributed by atoms with Gasteiger partial charge in [0.25, 0.3) is 0 Å². The second-order valence-corrected chi connectivity index (χ2v) is 5.73. The van der Waals surface area contributed by atoms with E-state index in [2.05, 4.69) is 15.4 Å². The molecule has 3 aromatic rings. The Morgan fingerprint density at radius 1 is 1.45 bits per heavy atom. The Bertz CT molecular complexity index is 710. The zero-order valence-electron chi connectivity index (χ0n) is 11.3. The lowest BCUT2D eigenvalue weighted by molar-refractivity contribution is -0.115. The molecule has 0 unspecified atom stereocenters. The molecule has 0 saturated heterocycles. The highest BCUT2D eigenvalue weighted by Crippen LogP contribution is 2.13. The minimum atomic E-state index is -0.0842. The lowest BCUT2D eigenvalue weighted by Crippen LogP contribution is -2.14. The van der Waals surface area contributed by atoms with E-state index in [4.69, 9.17) is 0 Å². The molecular weight excluding hydrogens is 274 g/mol. The van der Waals surface area contributed by atoms with Gasteiger partial charge in [0, 0.05) is 30.0 Å². The molecule has 0 fully saturated rings. The number of rotatable bonds is 4. The van der Waals surface area contributed by atoms with Crippen LogP contribution in [-0.4, -0.2) is 25.1 Å². The molecule has 104 valence electrons. The zero-order chi connectivity index (χ0) is 14.1. The first-order chi connectivity index (χ1) is 9.61. The van der Waals surface area contributed by atoms with Gasteiger partial charge < -0.3 is 5.32 Å². The number of anilines is 1. The molecule has 6 nitrogen and oxygen atoms in total. The van der Waals surface area contributed by atoms with Crippen molar-refractivity contribution in [3.63, 3.8) is 0 Å². The monoisotopic (exact) mass is 289 g/mol. The average Bonchev–Trinajstić information content (AvgIpc) is 3.03. The van der Waals surface area contributed by atoms with Crippen LogP contribution in [-0.2, 0) is 11.2 Å². The summed E-state index contributed by atoms with van der Waals surface area (Å²) in [4.78, 5) is 17.3. The highest BCUT2D eigenvalue weighted by atomic mass is 32.1. The average molecular weight is 289 g/mol. The van der Waals surface area contributed by atoms with Crippen molar-refractivity contribution in [1.29, 1.82) is 0 Å². The summed E-state index contributed by atoms with van der Waals surface area (Å²) in [5.41, 5.74) is 1.48. The van der Waals surface area contributed by atoms with Crippen molar-refractivity contribution in [3.8, 4) is 0 Å². The van der Waals surface area contributed by atoms with Gasteiger partial charge in [-0.1, -0.05) is 0 Å². The van der Waals surface area contributed by atoms with Gasteiger partial charge >= 0.3 is 0 Å². The van der Waals surface area contributed by atoms with Gasteiger partial charge in [0.1, 0.15) is 0 Å². The van der Waals surface area contributed by atoms with Crippen LogP contribution in [0.2, 0.25) is 0 Å². The lowest BCUT2D eigenvalue weighted by atomic mass is 10.3. The van der Waals surface area contributed by atoms with Gasteiger partial charge in [-0.15, -0.1) is 11.3 Å². The Hall–Kier alpha value is -2.15. The Morgan fingerprint density at radius 3 is 3.00 bits per heavy atom. The third-order valence-electron chi connectivity index (χ3n) is 2.90. The molecule has 0 aromatic carbocycles. The smallest absolute Gasteiger partial charge is 0.230 e. The number of fused-ring (bicyclic) bond motifs is 1. The van der Waals surface area contributed by atoms with Crippen molar-refractivity contribution >= 4 is 27.9 Å². The Kier molecular flexibility index (Phi) is 3.27. The summed E-state index contributed by atoms with van der Waals surface area (Å²) in [6.45, 7) is 4.08. The van der Waals surface area contributed by atoms with Gasteiger partial charge in [-0.3, -0.25) is 13.9 Å². The summed E-state index contributed by atoms with van der Waals surface area (Å²) in [6, 6.07) is 0.278. The van der Waals surface area contributed by atoms with Gasteiger partial charge in [0.05, 0.1) is 24.0 Å². The first-order valence-electron chi connectivity index (χ1n) is 6.37. The normalized spacial score (nSPS) is 11.3. The number of carbonyl (C=O) groups is 1. The molecule has 0 atom stereocenters. The van der Waals surface area contributed by atoms with Gasteiger partial charge in [0.2, 0.25) is 5.91 Å². The number of amides is 1. The quantitative estimate of drug-likeness (QED) is 0.802. The van der Waals surface area contributed by atoms with Crippen LogP contribution in [0.15, 0.2) is 30.2 Å². The van der Waals surface area contributed by atoms with Crippen molar-refractivity contribution in [2.24, 2.45) is 0 Å². The maximum absolute atomic E-state index is 12.0. The Morgan fingerprint density at radius 2 is 2.30 bits per heavy atom. The van der Waals surface area contributed by atoms with Crippen molar-refractivity contribution in [2.45, 2.75) is 26.3 Å². The van der Waals surface area contributed by atoms with Crippen LogP contribution in [0.4, 0.5) is 5.69 Å². The second-order valence-electron chi connectivity index (χ2n) is 4.85. The van der Waals surface area contributed by atoms with E-state index >= 15 is 0 Å². The molecule has 0 spiro atoms. The van der Waals surface area contributed by atoms with Crippen molar-refractivity contribution in [1.82, 2.24) is 19.2 Å². The number of thiazole rings is 1. The maximum atomic E-state index is 12.0. The highest BCUT2D eigenvalue weighted by molar-refractivity contribution is 7.15. The molecule has 0 aliphatic carbocycles. The van der Waals surface area contributed by atoms with E-state index < -0.39 is 0 Å².